The summed E-state index contributed by atoms with van der Waals surface area (Å²) in [6.07, 6.45) is 21.0. The molecule has 31 nitrogen and oxygen atoms in total. The number of piperidine rings is 3. The van der Waals surface area contributed by atoms with Gasteiger partial charge < -0.3 is 89.2 Å². The number of fused-ring (bicyclic) bond motifs is 3. The van der Waals surface area contributed by atoms with E-state index in [4.69, 9.17) is 34.1 Å². The van der Waals surface area contributed by atoms with Gasteiger partial charge in [0.15, 0.2) is 0 Å². The summed E-state index contributed by atoms with van der Waals surface area (Å²) in [5, 5.41) is 22.5. The average molecular weight is 2020 g/mol. The van der Waals surface area contributed by atoms with Crippen molar-refractivity contribution in [2.24, 2.45) is 0 Å². The van der Waals surface area contributed by atoms with E-state index in [-0.39, 0.29) is 0 Å². The number of aryl methyl sites for hydroxylation is 2. The standard InChI is InChI=1S/C35H46N9O2P.C31H40BrN8O2PS.C31H40BrN8O2P/c1-23-20-29(31(46-3)21-30(23)44-14-10-25(11-15-44)43-18-16-42(2)17-19-43)40-35-38-22-26(24-6-7-24)34(41-35)39-28-9-8-27-32(37-13-12-36-27)33(28)47(4,5)45;1-20-16-24(26(42-3)17-25(20)40-10-8-21(9-11-40)39-14-12-38(2)13-15-39)36-31-33-18-22(32)30(37-31)35-23-6-7-27-28(34-19-44-27)29(23)43(4,5)41;1-19(2)21-16-25(27(42-5)17-26(21)40-14-10-20(11-15-40)39(3)4)37-31-35-18-22(32)30(38-31)36-24-9-8-23-28(34-13-12-33-23)29(24)43(6,7)41/h8-9,12-13,20-22,24-25H,6-7,10-11,14-19H2,1-5H3,(H2,38,39,40,41);6-7,16-19,21H,8-15H2,1-5H3,(H2,33,35,36,37);8-9,12-13,16-20H,10-11,14-15H2,1-7H3,(H2,35,36,37,38). The van der Waals surface area contributed by atoms with E-state index < -0.39 is 21.4 Å². The predicted molar refractivity (Wildman–Crippen MR) is 559 cm³/mol. The molecule has 0 unspecified atom stereocenters. The zero-order chi connectivity index (χ0) is 94.6. The van der Waals surface area contributed by atoms with Crippen molar-refractivity contribution in [2.45, 2.75) is 109 Å². The van der Waals surface area contributed by atoms with Gasteiger partial charge in [0.2, 0.25) is 17.8 Å². The molecular weight excluding hydrogens is 1900 g/mol. The maximum Gasteiger partial charge on any atom is 0.229 e. The number of hydrogen-bond donors (Lipinski definition) is 6. The summed E-state index contributed by atoms with van der Waals surface area (Å²) in [5.74, 6) is 6.01. The Hall–Kier alpha value is -9.82. The third kappa shape index (κ3) is 22.7. The molecule has 0 amide bonds. The fraction of sp³-hybridized carbons (Fsp3) is 0.454. The van der Waals surface area contributed by atoms with E-state index in [1.54, 1.807) is 104 Å². The van der Waals surface area contributed by atoms with E-state index in [9.17, 15) is 13.7 Å². The predicted octanol–water partition coefficient (Wildman–Crippen LogP) is 18.3. The van der Waals surface area contributed by atoms with Gasteiger partial charge in [-0.3, -0.25) is 29.7 Å². The van der Waals surface area contributed by atoms with Crippen LogP contribution in [0.1, 0.15) is 99.3 Å². The van der Waals surface area contributed by atoms with Gasteiger partial charge in [-0.05, 0) is 248 Å². The van der Waals surface area contributed by atoms with Crippen LogP contribution >= 0.6 is 64.6 Å². The van der Waals surface area contributed by atoms with Crippen molar-refractivity contribution in [2.75, 3.05) is 228 Å². The first-order valence-electron chi connectivity index (χ1n) is 46.1. The van der Waals surface area contributed by atoms with Crippen molar-refractivity contribution in [3.8, 4) is 17.2 Å². The number of aromatic nitrogens is 11. The summed E-state index contributed by atoms with van der Waals surface area (Å²) in [6, 6.07) is 26.2. The molecule has 6 aliphatic rings. The van der Waals surface area contributed by atoms with Crippen LogP contribution in [-0.4, -0.2) is 279 Å². The zero-order valence-electron chi connectivity index (χ0n) is 79.9. The number of benzene rings is 6. The second-order valence-electron chi connectivity index (χ2n) is 37.5. The Bertz CT molecular complexity index is 6380. The third-order valence-electron chi connectivity index (χ3n) is 26.4. The highest BCUT2D eigenvalue weighted by atomic mass is 79.9. The average Bonchev–Trinajstić information content (AvgIpc) is 1.28. The number of ether oxygens (including phenoxy) is 3. The Morgan fingerprint density at radius 1 is 0.425 bits per heavy atom. The summed E-state index contributed by atoms with van der Waals surface area (Å²) in [5.41, 5.74) is 18.0. The molecule has 5 aliphatic heterocycles. The molecule has 12 aromatic rings. The van der Waals surface area contributed by atoms with Crippen molar-refractivity contribution < 1.29 is 27.9 Å². The lowest BCUT2D eigenvalue weighted by Crippen LogP contribution is -2.52. The fourth-order valence-corrected chi connectivity index (χ4v) is 24.5. The highest BCUT2D eigenvalue weighted by Gasteiger charge is 2.35. The number of piperazine rings is 2. The highest BCUT2D eigenvalue weighted by molar-refractivity contribution is 9.11. The molecule has 37 heteroatoms. The van der Waals surface area contributed by atoms with E-state index in [1.165, 1.54) is 97.0 Å². The van der Waals surface area contributed by atoms with Crippen molar-refractivity contribution in [3.05, 3.63) is 153 Å². The number of methoxy groups -OCH3 is 3. The molecule has 11 heterocycles. The summed E-state index contributed by atoms with van der Waals surface area (Å²) in [7, 11) is 5.74. The molecule has 0 atom stereocenters. The number of nitrogens with zero attached hydrogens (tertiary/aromatic N) is 19. The van der Waals surface area contributed by atoms with Crippen LogP contribution in [0.5, 0.6) is 17.2 Å². The summed E-state index contributed by atoms with van der Waals surface area (Å²) in [4.78, 5) is 70.7. The monoisotopic (exact) mass is 2020 g/mol. The molecule has 134 heavy (non-hydrogen) atoms. The maximum absolute atomic E-state index is 13.6. The normalized spacial score (nSPS) is 16.8. The van der Waals surface area contributed by atoms with Gasteiger partial charge in [-0.2, -0.15) is 15.0 Å². The fourth-order valence-electron chi connectivity index (χ4n) is 19.0. The molecule has 6 aromatic heterocycles. The van der Waals surface area contributed by atoms with Gasteiger partial charge in [0.1, 0.15) is 67.2 Å². The minimum absolute atomic E-state index is 0.310. The van der Waals surface area contributed by atoms with E-state index in [1.807, 2.05) is 42.6 Å². The van der Waals surface area contributed by atoms with Crippen molar-refractivity contribution in [1.82, 2.24) is 79.3 Å². The van der Waals surface area contributed by atoms with Gasteiger partial charge in [-0.15, -0.1) is 11.3 Å². The molecule has 6 N–H and O–H groups in total. The van der Waals surface area contributed by atoms with Gasteiger partial charge >= 0.3 is 0 Å². The lowest BCUT2D eigenvalue weighted by Gasteiger charge is -2.43. The largest absolute Gasteiger partial charge is 0.494 e. The van der Waals surface area contributed by atoms with Gasteiger partial charge in [-0.25, -0.2) is 19.9 Å². The van der Waals surface area contributed by atoms with Crippen LogP contribution in [0.25, 0.3) is 32.3 Å². The van der Waals surface area contributed by atoms with Crippen molar-refractivity contribution in [3.63, 3.8) is 0 Å². The molecule has 0 spiro atoms. The van der Waals surface area contributed by atoms with Gasteiger partial charge in [0, 0.05) is 194 Å². The van der Waals surface area contributed by atoms with Crippen LogP contribution in [-0.2, 0) is 13.7 Å². The van der Waals surface area contributed by atoms with E-state index in [0.717, 1.165) is 163 Å². The SMILES string of the molecule is COc1cc(N2CCC(N(C)C)CC2)c(C(C)C)cc1Nc1ncc(Br)c(Nc2ccc3nccnc3c2P(C)(C)=O)n1.COc1cc(N2CCC(N3CCN(C)CC3)CC2)c(C)cc1Nc1ncc(Br)c(Nc2ccc3scnc3c2P(C)(C)=O)n1.COc1cc(N2CCC(N3CCN(C)CC3)CC2)c(C)cc1Nc1ncc(C2CC2)c(Nc2ccc3nccnc3c2P(C)(C)=O)n1. The number of halogens is 2. The molecule has 1 aliphatic carbocycles. The number of likely N-dealkylation sites (N-methyl/N-ethyl adjacent to an activating group) is 2. The third-order valence-corrected chi connectivity index (χ3v) is 32.9. The van der Waals surface area contributed by atoms with E-state index in [0.29, 0.717) is 107 Å². The van der Waals surface area contributed by atoms with Gasteiger partial charge in [-0.1, -0.05) is 13.8 Å². The molecule has 6 aromatic carbocycles. The first-order chi connectivity index (χ1) is 64.2. The van der Waals surface area contributed by atoms with Crippen LogP contribution < -0.4 is 76.7 Å². The van der Waals surface area contributed by atoms with Gasteiger partial charge in [0.25, 0.3) is 0 Å². The van der Waals surface area contributed by atoms with Crippen LogP contribution in [0.4, 0.5) is 86.5 Å². The highest BCUT2D eigenvalue weighted by Crippen LogP contribution is 2.49. The molecule has 710 valence electrons. The van der Waals surface area contributed by atoms with Crippen LogP contribution in [0.3, 0.4) is 0 Å². The quantitative estimate of drug-likeness (QED) is 0.0274. The molecule has 6 fully saturated rings. The molecule has 0 bridgehead atoms. The molecule has 0 radical (unpaired) electrons. The molecule has 18 rings (SSSR count). The zero-order valence-corrected chi connectivity index (χ0v) is 86.6. The second-order valence-corrected chi connectivity index (χ2v) is 49.6. The lowest BCUT2D eigenvalue weighted by atomic mass is 9.96. The Morgan fingerprint density at radius 3 is 1.22 bits per heavy atom. The minimum Gasteiger partial charge on any atom is -0.494 e. The Morgan fingerprint density at radius 2 is 0.806 bits per heavy atom. The number of hydrogen-bond acceptors (Lipinski definition) is 32. The summed E-state index contributed by atoms with van der Waals surface area (Å²) >= 11 is 8.70. The van der Waals surface area contributed by atoms with E-state index in [2.05, 4.69) is 230 Å². The summed E-state index contributed by atoms with van der Waals surface area (Å²) < 4.78 is 60.2. The number of rotatable bonds is 26. The second kappa shape index (κ2) is 42.0. The summed E-state index contributed by atoms with van der Waals surface area (Å²) in [6.45, 7) is 34.8. The first-order valence-corrected chi connectivity index (χ1v) is 56.4. The molecule has 5 saturated heterocycles. The van der Waals surface area contributed by atoms with Crippen molar-refractivity contribution >= 4 is 199 Å². The van der Waals surface area contributed by atoms with Crippen LogP contribution in [0, 0.1) is 13.8 Å². The Balaban J connectivity index is 0.000000146. The molecular formula is C97H126Br2N25O6P3S. The van der Waals surface area contributed by atoms with Crippen molar-refractivity contribution in [1.29, 1.82) is 0 Å². The molecule has 1 saturated carbocycles. The van der Waals surface area contributed by atoms with E-state index >= 15 is 0 Å². The maximum atomic E-state index is 13.6. The van der Waals surface area contributed by atoms with Gasteiger partial charge in [0.05, 0.1) is 107 Å². The smallest absolute Gasteiger partial charge is 0.229 e. The van der Waals surface area contributed by atoms with Crippen LogP contribution in [0.15, 0.2) is 131 Å². The Labute approximate surface area is 807 Å². The number of thiazole rings is 1. The number of anilines is 15. The number of nitrogens with one attached hydrogen (secondary N) is 6. The van der Waals surface area contributed by atoms with Crippen LogP contribution in [0.2, 0.25) is 0 Å². The lowest BCUT2D eigenvalue weighted by molar-refractivity contribution is 0.0982. The minimum atomic E-state index is -2.73. The Kier molecular flexibility index (Phi) is 30.5. The topological polar surface area (TPSA) is 319 Å². The first kappa shape index (κ1) is 97.3.